The topological polar surface area (TPSA) is 20.2 Å². The van der Waals surface area contributed by atoms with Crippen molar-refractivity contribution in [3.05, 3.63) is 12.3 Å². The molecule has 0 atom stereocenters. The Morgan fingerprint density at radius 2 is 0.621 bits per heavy atom. The van der Waals surface area contributed by atoms with E-state index in [1.54, 1.807) is 0 Å². The van der Waals surface area contributed by atoms with Gasteiger partial charge in [-0.15, -0.1) is 0 Å². The lowest BCUT2D eigenvalue weighted by atomic mass is 10.0. The van der Waals surface area contributed by atoms with Gasteiger partial charge in [0.05, 0.1) is 6.26 Å². The number of aliphatic hydroxyl groups is 1. The first-order valence-corrected chi connectivity index (χ1v) is 13.7. The maximum atomic E-state index is 8.57. The highest BCUT2D eigenvalue weighted by Crippen LogP contribution is 2.15. The Kier molecular flexibility index (Phi) is 27.1. The van der Waals surface area contributed by atoms with Gasteiger partial charge in [-0.2, -0.15) is 0 Å². The second-order valence-corrected chi connectivity index (χ2v) is 9.31. The van der Waals surface area contributed by atoms with Gasteiger partial charge in [0.15, 0.2) is 0 Å². The summed E-state index contributed by atoms with van der Waals surface area (Å²) in [5, 5.41) is 8.57. The summed E-state index contributed by atoms with van der Waals surface area (Å²) in [6, 6.07) is 0. The second-order valence-electron chi connectivity index (χ2n) is 9.31. The molecule has 0 aliphatic carbocycles. The molecular formula is C28H56O. The van der Waals surface area contributed by atoms with Crippen LogP contribution in [0.2, 0.25) is 0 Å². The van der Waals surface area contributed by atoms with Crippen LogP contribution in [0.25, 0.3) is 0 Å². The summed E-state index contributed by atoms with van der Waals surface area (Å²) in [6.45, 7) is 2.30. The Labute approximate surface area is 185 Å². The van der Waals surface area contributed by atoms with E-state index in [0.29, 0.717) is 0 Å². The third-order valence-electron chi connectivity index (χ3n) is 6.33. The summed E-state index contributed by atoms with van der Waals surface area (Å²) < 4.78 is 0. The van der Waals surface area contributed by atoms with Crippen LogP contribution in [0.3, 0.4) is 0 Å². The summed E-state index contributed by atoms with van der Waals surface area (Å²) in [4.78, 5) is 0. The van der Waals surface area contributed by atoms with E-state index >= 15 is 0 Å². The van der Waals surface area contributed by atoms with E-state index in [0.717, 1.165) is 6.42 Å². The van der Waals surface area contributed by atoms with Crippen LogP contribution >= 0.6 is 0 Å². The van der Waals surface area contributed by atoms with Crippen LogP contribution in [-0.4, -0.2) is 5.11 Å². The van der Waals surface area contributed by atoms with E-state index < -0.39 is 0 Å². The zero-order chi connectivity index (χ0) is 21.1. The van der Waals surface area contributed by atoms with E-state index in [4.69, 9.17) is 5.11 Å². The molecule has 0 heterocycles. The summed E-state index contributed by atoms with van der Waals surface area (Å²) in [5.41, 5.74) is 0. The van der Waals surface area contributed by atoms with E-state index in [-0.39, 0.29) is 0 Å². The Morgan fingerprint density at radius 3 is 0.862 bits per heavy atom. The third kappa shape index (κ3) is 27.5. The standard InChI is InChI=1S/C28H56O/c1-2-3-4-5-6-7-8-9-10-11-12-13-14-15-16-17-18-19-20-21-22-23-24-25-26-27-28-29/h27-29H,2-26H2,1H3. The number of rotatable bonds is 25. The molecule has 174 valence electrons. The molecule has 0 rings (SSSR count). The lowest BCUT2D eigenvalue weighted by Crippen LogP contribution is -1.84. The normalized spacial score (nSPS) is 11.6. The van der Waals surface area contributed by atoms with Gasteiger partial charge in [-0.1, -0.05) is 161 Å². The van der Waals surface area contributed by atoms with E-state index in [1.807, 2.05) is 6.08 Å². The second kappa shape index (κ2) is 27.5. The smallest absolute Gasteiger partial charge is 0.0751 e. The molecule has 0 radical (unpaired) electrons. The minimum atomic E-state index is 1.04. The predicted octanol–water partition coefficient (Wildman–Crippen LogP) is 10.8. The lowest BCUT2D eigenvalue weighted by Gasteiger charge is -2.04. The van der Waals surface area contributed by atoms with E-state index in [9.17, 15) is 0 Å². The summed E-state index contributed by atoms with van der Waals surface area (Å²) in [6.07, 6.45) is 38.6. The Balaban J connectivity index is 2.98. The van der Waals surface area contributed by atoms with E-state index in [1.165, 1.54) is 160 Å². The molecule has 0 aliphatic rings. The first-order valence-electron chi connectivity index (χ1n) is 13.7. The van der Waals surface area contributed by atoms with Gasteiger partial charge in [-0.3, -0.25) is 0 Å². The van der Waals surface area contributed by atoms with Crippen molar-refractivity contribution in [1.82, 2.24) is 0 Å². The van der Waals surface area contributed by atoms with Crippen LogP contribution < -0.4 is 0 Å². The molecule has 0 aliphatic heterocycles. The monoisotopic (exact) mass is 408 g/mol. The third-order valence-corrected chi connectivity index (χ3v) is 6.33. The average molecular weight is 409 g/mol. The Bertz CT molecular complexity index is 297. The van der Waals surface area contributed by atoms with Gasteiger partial charge in [-0.05, 0) is 12.8 Å². The lowest BCUT2D eigenvalue weighted by molar-refractivity contribution is 0.469. The summed E-state index contributed by atoms with van der Waals surface area (Å²) in [5.74, 6) is 0. The van der Waals surface area contributed by atoms with Crippen LogP contribution in [0, 0.1) is 0 Å². The molecule has 0 fully saturated rings. The van der Waals surface area contributed by atoms with Gasteiger partial charge in [0.25, 0.3) is 0 Å². The maximum Gasteiger partial charge on any atom is 0.0751 e. The molecule has 0 spiro atoms. The highest BCUT2D eigenvalue weighted by Gasteiger charge is 1.96. The number of hydrogen-bond donors (Lipinski definition) is 1. The molecule has 0 aromatic carbocycles. The molecule has 1 N–H and O–H groups in total. The van der Waals surface area contributed by atoms with Crippen molar-refractivity contribution < 1.29 is 5.11 Å². The first kappa shape index (κ1) is 28.5. The Hall–Kier alpha value is -0.460. The van der Waals surface area contributed by atoms with Crippen LogP contribution in [0.5, 0.6) is 0 Å². The fraction of sp³-hybridized carbons (Fsp3) is 0.929. The highest BCUT2D eigenvalue weighted by atomic mass is 16.2. The summed E-state index contributed by atoms with van der Waals surface area (Å²) in [7, 11) is 0. The van der Waals surface area contributed by atoms with Crippen molar-refractivity contribution in [1.29, 1.82) is 0 Å². The van der Waals surface area contributed by atoms with Crippen LogP contribution in [0.4, 0.5) is 0 Å². The number of aliphatic hydroxyl groups excluding tert-OH is 1. The minimum Gasteiger partial charge on any atom is -0.516 e. The molecule has 1 nitrogen and oxygen atoms in total. The summed E-state index contributed by atoms with van der Waals surface area (Å²) >= 11 is 0. The zero-order valence-electron chi connectivity index (χ0n) is 20.3. The fourth-order valence-electron chi connectivity index (χ4n) is 4.30. The molecule has 0 saturated carbocycles. The molecule has 0 unspecified atom stereocenters. The van der Waals surface area contributed by atoms with Gasteiger partial charge < -0.3 is 5.11 Å². The van der Waals surface area contributed by atoms with Crippen molar-refractivity contribution in [3.63, 3.8) is 0 Å². The molecule has 0 aromatic heterocycles. The SMILES string of the molecule is CCCCCCCCCCCCCCCCCCCCCCCCCCC=CO. The first-order chi connectivity index (χ1) is 14.4. The predicted molar refractivity (Wildman–Crippen MR) is 133 cm³/mol. The average Bonchev–Trinajstić information content (AvgIpc) is 2.74. The zero-order valence-corrected chi connectivity index (χ0v) is 20.3. The molecule has 0 amide bonds. The van der Waals surface area contributed by atoms with Crippen molar-refractivity contribution >= 4 is 0 Å². The van der Waals surface area contributed by atoms with Crippen LogP contribution in [0.15, 0.2) is 12.3 Å². The van der Waals surface area contributed by atoms with Gasteiger partial charge >= 0.3 is 0 Å². The molecule has 0 saturated heterocycles. The molecule has 1 heteroatoms. The maximum absolute atomic E-state index is 8.57. The van der Waals surface area contributed by atoms with Crippen molar-refractivity contribution in [2.24, 2.45) is 0 Å². The quantitative estimate of drug-likeness (QED) is 0.118. The van der Waals surface area contributed by atoms with Crippen molar-refractivity contribution in [2.45, 2.75) is 167 Å². The van der Waals surface area contributed by atoms with Gasteiger partial charge in [0.1, 0.15) is 0 Å². The fourth-order valence-corrected chi connectivity index (χ4v) is 4.30. The van der Waals surface area contributed by atoms with Crippen molar-refractivity contribution in [3.8, 4) is 0 Å². The van der Waals surface area contributed by atoms with Crippen LogP contribution in [0.1, 0.15) is 167 Å². The molecular weight excluding hydrogens is 352 g/mol. The van der Waals surface area contributed by atoms with Gasteiger partial charge in [0, 0.05) is 0 Å². The molecule has 0 bridgehead atoms. The van der Waals surface area contributed by atoms with Gasteiger partial charge in [-0.25, -0.2) is 0 Å². The van der Waals surface area contributed by atoms with E-state index in [2.05, 4.69) is 6.92 Å². The van der Waals surface area contributed by atoms with Crippen molar-refractivity contribution in [2.75, 3.05) is 0 Å². The van der Waals surface area contributed by atoms with Gasteiger partial charge in [0.2, 0.25) is 0 Å². The minimum absolute atomic E-state index is 1.04. The Morgan fingerprint density at radius 1 is 0.379 bits per heavy atom. The highest BCUT2D eigenvalue weighted by molar-refractivity contribution is 4.70. The number of allylic oxidation sites excluding steroid dienone is 1. The molecule has 0 aromatic rings. The number of hydrogen-bond acceptors (Lipinski definition) is 1. The van der Waals surface area contributed by atoms with Crippen LogP contribution in [-0.2, 0) is 0 Å². The largest absolute Gasteiger partial charge is 0.516 e. The number of unbranched alkanes of at least 4 members (excludes halogenated alkanes) is 24. The molecule has 29 heavy (non-hydrogen) atoms.